The number of alkyl halides is 1. The summed E-state index contributed by atoms with van der Waals surface area (Å²) in [6.07, 6.45) is 1.42. The van der Waals surface area contributed by atoms with Crippen molar-refractivity contribution in [1.29, 1.82) is 0 Å². The molecule has 0 fully saturated rings. The number of aromatic nitrogens is 1. The quantitative estimate of drug-likeness (QED) is 0.836. The molecule has 0 spiro atoms. The van der Waals surface area contributed by atoms with Crippen LogP contribution in [0.15, 0.2) is 47.2 Å². The lowest BCUT2D eigenvalue weighted by Gasteiger charge is -2.18. The molecule has 0 bridgehead atoms. The van der Waals surface area contributed by atoms with Gasteiger partial charge in [0, 0.05) is 11.6 Å². The van der Waals surface area contributed by atoms with E-state index >= 15 is 0 Å². The van der Waals surface area contributed by atoms with E-state index < -0.39 is 4.51 Å². The van der Waals surface area contributed by atoms with E-state index in [1.165, 1.54) is 6.26 Å². The van der Waals surface area contributed by atoms with Gasteiger partial charge in [-0.3, -0.25) is 0 Å². The molecule has 1 aromatic carbocycles. The maximum absolute atomic E-state index is 10.1. The summed E-state index contributed by atoms with van der Waals surface area (Å²) in [5.41, 5.74) is 1.15. The molecule has 0 aliphatic rings. The van der Waals surface area contributed by atoms with Gasteiger partial charge in [-0.1, -0.05) is 35.5 Å². The number of rotatable bonds is 2. The Labute approximate surface area is 89.5 Å². The van der Waals surface area contributed by atoms with Crippen LogP contribution in [-0.2, 0) is 4.51 Å². The van der Waals surface area contributed by atoms with Crippen LogP contribution in [0.4, 0.5) is 0 Å². The Bertz CT molecular complexity index is 397. The Morgan fingerprint density at radius 2 is 1.93 bits per heavy atom. The molecule has 2 aromatic rings. The van der Waals surface area contributed by atoms with E-state index in [0.717, 1.165) is 0 Å². The average molecular weight is 254 g/mol. The second kappa shape index (κ2) is 3.55. The highest BCUT2D eigenvalue weighted by molar-refractivity contribution is 9.09. The Balaban J connectivity index is 2.43. The average Bonchev–Trinajstić information content (AvgIpc) is 2.72. The van der Waals surface area contributed by atoms with E-state index in [0.29, 0.717) is 11.3 Å². The van der Waals surface area contributed by atoms with Crippen LogP contribution in [0.1, 0.15) is 11.3 Å². The molecule has 0 amide bonds. The van der Waals surface area contributed by atoms with Crippen LogP contribution in [0.5, 0.6) is 0 Å². The molecule has 72 valence electrons. The summed E-state index contributed by atoms with van der Waals surface area (Å²) in [6.45, 7) is 0. The van der Waals surface area contributed by atoms with Gasteiger partial charge in [-0.2, -0.15) is 0 Å². The minimum Gasteiger partial charge on any atom is -0.369 e. The normalized spacial score (nSPS) is 15.0. The summed E-state index contributed by atoms with van der Waals surface area (Å²) in [6, 6.07) is 10.8. The van der Waals surface area contributed by atoms with Gasteiger partial charge in [-0.15, -0.1) is 0 Å². The molecule has 0 aliphatic heterocycles. The predicted molar refractivity (Wildman–Crippen MR) is 54.9 cm³/mol. The van der Waals surface area contributed by atoms with Gasteiger partial charge in [0.25, 0.3) is 0 Å². The van der Waals surface area contributed by atoms with Crippen molar-refractivity contribution < 1.29 is 9.63 Å². The van der Waals surface area contributed by atoms with Crippen molar-refractivity contribution >= 4 is 15.9 Å². The summed E-state index contributed by atoms with van der Waals surface area (Å²) < 4.78 is 3.41. The fourth-order valence-corrected chi connectivity index (χ4v) is 1.66. The molecule has 3 nitrogen and oxygen atoms in total. The van der Waals surface area contributed by atoms with E-state index in [9.17, 15) is 5.11 Å². The lowest BCUT2D eigenvalue weighted by atomic mass is 10.1. The van der Waals surface area contributed by atoms with Crippen LogP contribution in [0.25, 0.3) is 0 Å². The van der Waals surface area contributed by atoms with Crippen LogP contribution < -0.4 is 0 Å². The Morgan fingerprint density at radius 3 is 2.50 bits per heavy atom. The molecule has 1 atom stereocenters. The fraction of sp³-hybridized carbons (Fsp3) is 0.100. The van der Waals surface area contributed by atoms with Crippen molar-refractivity contribution in [2.24, 2.45) is 0 Å². The third kappa shape index (κ3) is 1.58. The Hall–Kier alpha value is -1.13. The first-order chi connectivity index (χ1) is 6.71. The van der Waals surface area contributed by atoms with Gasteiger partial charge in [0.2, 0.25) is 0 Å². The molecule has 1 N–H and O–H groups in total. The van der Waals surface area contributed by atoms with Crippen LogP contribution in [0, 0.1) is 0 Å². The zero-order chi connectivity index (χ0) is 10.0. The van der Waals surface area contributed by atoms with Crippen molar-refractivity contribution in [2.75, 3.05) is 0 Å². The van der Waals surface area contributed by atoms with Gasteiger partial charge >= 0.3 is 0 Å². The van der Waals surface area contributed by atoms with Gasteiger partial charge in [0.1, 0.15) is 12.0 Å². The summed E-state index contributed by atoms with van der Waals surface area (Å²) in [4.78, 5) is 0. The van der Waals surface area contributed by atoms with Crippen molar-refractivity contribution in [3.63, 3.8) is 0 Å². The molecular formula is C10H8BrNO2. The van der Waals surface area contributed by atoms with E-state index in [2.05, 4.69) is 25.6 Å². The zero-order valence-corrected chi connectivity index (χ0v) is 8.81. The highest BCUT2D eigenvalue weighted by Gasteiger charge is 2.30. The van der Waals surface area contributed by atoms with Crippen molar-refractivity contribution in [1.82, 2.24) is 5.16 Å². The number of hydrogen-bond acceptors (Lipinski definition) is 3. The van der Waals surface area contributed by atoms with E-state index in [1.807, 2.05) is 30.3 Å². The van der Waals surface area contributed by atoms with Crippen LogP contribution in [0.2, 0.25) is 0 Å². The number of halogens is 1. The molecule has 0 radical (unpaired) electrons. The smallest absolute Gasteiger partial charge is 0.191 e. The minimum atomic E-state index is -1.28. The number of benzene rings is 1. The molecule has 14 heavy (non-hydrogen) atoms. The fourth-order valence-electron chi connectivity index (χ4n) is 1.19. The van der Waals surface area contributed by atoms with E-state index in [-0.39, 0.29) is 0 Å². The molecule has 1 aromatic heterocycles. The number of nitrogens with zero attached hydrogens (tertiary/aromatic N) is 1. The molecule has 1 heterocycles. The third-order valence-electron chi connectivity index (χ3n) is 1.93. The minimum absolute atomic E-state index is 0.434. The molecule has 1 unspecified atom stereocenters. The first kappa shape index (κ1) is 9.43. The standard InChI is InChI=1S/C10H8BrNO2/c11-10(13,9-6-7-14-12-9)8-4-2-1-3-5-8/h1-7,13H. The number of aliphatic hydroxyl groups is 1. The summed E-state index contributed by atoms with van der Waals surface area (Å²) in [5, 5.41) is 13.8. The van der Waals surface area contributed by atoms with Crippen LogP contribution in [0.3, 0.4) is 0 Å². The topological polar surface area (TPSA) is 46.3 Å². The Kier molecular flexibility index (Phi) is 2.39. The van der Waals surface area contributed by atoms with Crippen molar-refractivity contribution in [3.05, 3.63) is 53.9 Å². The number of hydrogen-bond donors (Lipinski definition) is 1. The summed E-state index contributed by atoms with van der Waals surface area (Å²) >= 11 is 3.21. The molecule has 2 rings (SSSR count). The second-order valence-corrected chi connectivity index (χ2v) is 4.02. The summed E-state index contributed by atoms with van der Waals surface area (Å²) in [7, 11) is 0. The molecular weight excluding hydrogens is 246 g/mol. The van der Waals surface area contributed by atoms with E-state index in [1.54, 1.807) is 6.07 Å². The van der Waals surface area contributed by atoms with Gasteiger partial charge < -0.3 is 9.63 Å². The summed E-state index contributed by atoms with van der Waals surface area (Å²) in [5.74, 6) is 0. The molecule has 0 saturated carbocycles. The van der Waals surface area contributed by atoms with Crippen molar-refractivity contribution in [2.45, 2.75) is 4.51 Å². The molecule has 4 heteroatoms. The second-order valence-electron chi connectivity index (χ2n) is 2.87. The lowest BCUT2D eigenvalue weighted by molar-refractivity contribution is 0.178. The first-order valence-corrected chi connectivity index (χ1v) is 4.88. The Morgan fingerprint density at radius 1 is 1.21 bits per heavy atom. The predicted octanol–water partition coefficient (Wildman–Crippen LogP) is 2.26. The van der Waals surface area contributed by atoms with Gasteiger partial charge in [0.15, 0.2) is 4.51 Å². The first-order valence-electron chi connectivity index (χ1n) is 4.09. The molecule has 0 aliphatic carbocycles. The highest BCUT2D eigenvalue weighted by atomic mass is 79.9. The van der Waals surface area contributed by atoms with Crippen molar-refractivity contribution in [3.8, 4) is 0 Å². The largest absolute Gasteiger partial charge is 0.369 e. The monoisotopic (exact) mass is 253 g/mol. The lowest BCUT2D eigenvalue weighted by Crippen LogP contribution is -2.18. The SMILES string of the molecule is OC(Br)(c1ccccc1)c1ccon1. The zero-order valence-electron chi connectivity index (χ0n) is 7.22. The molecule has 0 saturated heterocycles. The van der Waals surface area contributed by atoms with Crippen LogP contribution >= 0.6 is 15.9 Å². The maximum atomic E-state index is 10.1. The van der Waals surface area contributed by atoms with E-state index in [4.69, 9.17) is 0 Å². The third-order valence-corrected chi connectivity index (χ3v) is 2.80. The highest BCUT2D eigenvalue weighted by Crippen LogP contribution is 2.34. The van der Waals surface area contributed by atoms with Crippen LogP contribution in [-0.4, -0.2) is 10.3 Å². The maximum Gasteiger partial charge on any atom is 0.191 e. The van der Waals surface area contributed by atoms with Gasteiger partial charge in [-0.05, 0) is 15.9 Å². The van der Waals surface area contributed by atoms with Gasteiger partial charge in [-0.25, -0.2) is 0 Å². The van der Waals surface area contributed by atoms with Gasteiger partial charge in [0.05, 0.1) is 0 Å².